The van der Waals surface area contributed by atoms with E-state index in [-0.39, 0.29) is 17.1 Å². The number of rotatable bonds is 8. The van der Waals surface area contributed by atoms with Crippen molar-refractivity contribution in [2.75, 3.05) is 17.7 Å². The quantitative estimate of drug-likeness (QED) is 0.380. The number of hydrogen-bond donors (Lipinski definition) is 2. The smallest absolute Gasteiger partial charge is 0.255 e. The number of carbonyl (C=O) groups excluding carboxylic acids is 2. The molecule has 0 radical (unpaired) electrons. The van der Waals surface area contributed by atoms with Crippen LogP contribution < -0.4 is 15.4 Å². The molecule has 0 heterocycles. The summed E-state index contributed by atoms with van der Waals surface area (Å²) in [4.78, 5) is 26.1. The van der Waals surface area contributed by atoms with E-state index >= 15 is 0 Å². The van der Waals surface area contributed by atoms with Crippen LogP contribution in [0.3, 0.4) is 0 Å². The number of anilines is 2. The molecule has 0 spiro atoms. The number of thioether (sulfide) groups is 1. The largest absolute Gasteiger partial charge is 0.495 e. The Hall–Kier alpha value is -3.03. The molecule has 0 saturated heterocycles. The van der Waals surface area contributed by atoms with E-state index < -0.39 is 5.82 Å². The van der Waals surface area contributed by atoms with Crippen LogP contribution in [0.5, 0.6) is 5.75 Å². The highest BCUT2D eigenvalue weighted by molar-refractivity contribution is 8.00. The Kier molecular flexibility index (Phi) is 8.14. The maximum Gasteiger partial charge on any atom is 0.255 e. The molecule has 3 rings (SSSR count). The minimum absolute atomic E-state index is 0.182. The summed E-state index contributed by atoms with van der Waals surface area (Å²) < 4.78 is 18.4. The average Bonchev–Trinajstić information content (AvgIpc) is 2.78. The van der Waals surface area contributed by atoms with Gasteiger partial charge in [0.15, 0.2) is 0 Å². The standard InChI is InChI=1S/C24H22ClFN2O3S/c1-3-22(24(30)28-20-13-16(25)9-12-21(20)31-2)32-19-6-4-5-18(14-19)27-23(29)15-7-10-17(26)11-8-15/h4-14,22H,3H2,1-2H3,(H,27,29)(H,28,30). The van der Waals surface area contributed by atoms with Crippen molar-refractivity contribution in [2.24, 2.45) is 0 Å². The second-order valence-electron chi connectivity index (χ2n) is 6.84. The Morgan fingerprint density at radius 2 is 1.81 bits per heavy atom. The van der Waals surface area contributed by atoms with Crippen molar-refractivity contribution in [3.8, 4) is 5.75 Å². The molecule has 2 N–H and O–H groups in total. The summed E-state index contributed by atoms with van der Waals surface area (Å²) in [6.07, 6.45) is 0.589. The zero-order chi connectivity index (χ0) is 23.1. The van der Waals surface area contributed by atoms with Crippen molar-refractivity contribution in [1.82, 2.24) is 0 Å². The van der Waals surface area contributed by atoms with Crippen LogP contribution in [0.15, 0.2) is 71.6 Å². The zero-order valence-electron chi connectivity index (χ0n) is 17.5. The zero-order valence-corrected chi connectivity index (χ0v) is 19.1. The van der Waals surface area contributed by atoms with Crippen molar-refractivity contribution in [3.05, 3.63) is 83.1 Å². The van der Waals surface area contributed by atoms with Gasteiger partial charge in [0.05, 0.1) is 18.0 Å². The molecular weight excluding hydrogens is 451 g/mol. The summed E-state index contributed by atoms with van der Waals surface area (Å²) in [7, 11) is 1.52. The van der Waals surface area contributed by atoms with Gasteiger partial charge in [0.1, 0.15) is 11.6 Å². The topological polar surface area (TPSA) is 67.4 Å². The highest BCUT2D eigenvalue weighted by Gasteiger charge is 2.20. The van der Waals surface area contributed by atoms with Crippen LogP contribution in [0.1, 0.15) is 23.7 Å². The third-order valence-electron chi connectivity index (χ3n) is 4.56. The normalized spacial score (nSPS) is 11.5. The van der Waals surface area contributed by atoms with E-state index in [2.05, 4.69) is 10.6 Å². The molecule has 1 unspecified atom stereocenters. The summed E-state index contributed by atoms with van der Waals surface area (Å²) in [5.74, 6) is -0.406. The Morgan fingerprint density at radius 1 is 1.06 bits per heavy atom. The number of benzene rings is 3. The highest BCUT2D eigenvalue weighted by atomic mass is 35.5. The molecule has 0 aromatic heterocycles. The summed E-state index contributed by atoms with van der Waals surface area (Å²) in [5.41, 5.74) is 1.44. The summed E-state index contributed by atoms with van der Waals surface area (Å²) in [5, 5.41) is 5.79. The van der Waals surface area contributed by atoms with Crippen LogP contribution in [0, 0.1) is 5.82 Å². The maximum atomic E-state index is 13.1. The molecule has 8 heteroatoms. The lowest BCUT2D eigenvalue weighted by molar-refractivity contribution is -0.115. The van der Waals surface area contributed by atoms with E-state index in [0.29, 0.717) is 34.1 Å². The molecule has 166 valence electrons. The number of carbonyl (C=O) groups is 2. The SMILES string of the molecule is CCC(Sc1cccc(NC(=O)c2ccc(F)cc2)c1)C(=O)Nc1cc(Cl)ccc1OC. The van der Waals surface area contributed by atoms with Gasteiger partial charge in [0.2, 0.25) is 5.91 Å². The van der Waals surface area contributed by atoms with Gasteiger partial charge < -0.3 is 15.4 Å². The molecule has 32 heavy (non-hydrogen) atoms. The third-order valence-corrected chi connectivity index (χ3v) is 6.15. The van der Waals surface area contributed by atoms with Crippen LogP contribution in [0.25, 0.3) is 0 Å². The van der Waals surface area contributed by atoms with Gasteiger partial charge in [-0.3, -0.25) is 9.59 Å². The molecule has 0 aliphatic heterocycles. The first-order valence-electron chi connectivity index (χ1n) is 9.87. The number of ether oxygens (including phenoxy) is 1. The Bertz CT molecular complexity index is 1110. The fourth-order valence-electron chi connectivity index (χ4n) is 2.93. The first-order chi connectivity index (χ1) is 15.4. The Balaban J connectivity index is 1.69. The lowest BCUT2D eigenvalue weighted by Crippen LogP contribution is -2.24. The van der Waals surface area contributed by atoms with Crippen LogP contribution in [-0.2, 0) is 4.79 Å². The fourth-order valence-corrected chi connectivity index (χ4v) is 4.11. The van der Waals surface area contributed by atoms with Crippen molar-refractivity contribution in [2.45, 2.75) is 23.5 Å². The molecular formula is C24H22ClFN2O3S. The van der Waals surface area contributed by atoms with Crippen LogP contribution >= 0.6 is 23.4 Å². The summed E-state index contributed by atoms with van der Waals surface area (Å²) in [6, 6.07) is 17.6. The van der Waals surface area contributed by atoms with Gasteiger partial charge >= 0.3 is 0 Å². The van der Waals surface area contributed by atoms with Crippen LogP contribution in [0.4, 0.5) is 15.8 Å². The molecule has 3 aromatic rings. The molecule has 5 nitrogen and oxygen atoms in total. The first-order valence-corrected chi connectivity index (χ1v) is 11.1. The molecule has 0 aliphatic rings. The third kappa shape index (κ3) is 6.24. The van der Waals surface area contributed by atoms with Gasteiger partial charge in [-0.2, -0.15) is 0 Å². The molecule has 0 saturated carbocycles. The second kappa shape index (κ2) is 11.0. The minimum Gasteiger partial charge on any atom is -0.495 e. The predicted molar refractivity (Wildman–Crippen MR) is 127 cm³/mol. The van der Waals surface area contributed by atoms with E-state index in [1.54, 1.807) is 36.4 Å². The van der Waals surface area contributed by atoms with Gasteiger partial charge in [0.25, 0.3) is 5.91 Å². The van der Waals surface area contributed by atoms with Gasteiger partial charge in [0, 0.05) is 21.2 Å². The molecule has 2 amide bonds. The molecule has 3 aromatic carbocycles. The van der Waals surface area contributed by atoms with E-state index in [1.165, 1.54) is 43.1 Å². The summed E-state index contributed by atoms with van der Waals surface area (Å²) >= 11 is 7.43. The minimum atomic E-state index is -0.403. The van der Waals surface area contributed by atoms with Crippen molar-refractivity contribution in [1.29, 1.82) is 0 Å². The van der Waals surface area contributed by atoms with E-state index in [9.17, 15) is 14.0 Å². The lowest BCUT2D eigenvalue weighted by atomic mass is 10.2. The van der Waals surface area contributed by atoms with Crippen molar-refractivity contribution >= 4 is 46.6 Å². The van der Waals surface area contributed by atoms with Crippen molar-refractivity contribution < 1.29 is 18.7 Å². The van der Waals surface area contributed by atoms with Crippen LogP contribution in [0.2, 0.25) is 5.02 Å². The maximum absolute atomic E-state index is 13.1. The van der Waals surface area contributed by atoms with Gasteiger partial charge in [-0.05, 0) is 67.1 Å². The second-order valence-corrected chi connectivity index (χ2v) is 8.55. The van der Waals surface area contributed by atoms with Gasteiger partial charge in [-0.1, -0.05) is 24.6 Å². The first kappa shape index (κ1) is 23.6. The van der Waals surface area contributed by atoms with E-state index in [0.717, 1.165) is 4.90 Å². The number of methoxy groups -OCH3 is 1. The number of amides is 2. The van der Waals surface area contributed by atoms with Crippen LogP contribution in [-0.4, -0.2) is 24.2 Å². The number of nitrogens with one attached hydrogen (secondary N) is 2. The van der Waals surface area contributed by atoms with Crippen molar-refractivity contribution in [3.63, 3.8) is 0 Å². The Morgan fingerprint density at radius 3 is 2.50 bits per heavy atom. The van der Waals surface area contributed by atoms with Gasteiger partial charge in [-0.25, -0.2) is 4.39 Å². The highest BCUT2D eigenvalue weighted by Crippen LogP contribution is 2.31. The Labute approximate surface area is 195 Å². The average molecular weight is 473 g/mol. The van der Waals surface area contributed by atoms with Gasteiger partial charge in [-0.15, -0.1) is 11.8 Å². The number of hydrogen-bond acceptors (Lipinski definition) is 4. The lowest BCUT2D eigenvalue weighted by Gasteiger charge is -2.17. The van der Waals surface area contributed by atoms with E-state index in [4.69, 9.17) is 16.3 Å². The molecule has 0 fully saturated rings. The molecule has 0 aliphatic carbocycles. The fraction of sp³-hybridized carbons (Fsp3) is 0.167. The number of halogens is 2. The molecule has 1 atom stereocenters. The van der Waals surface area contributed by atoms with E-state index in [1.807, 2.05) is 13.0 Å². The summed E-state index contributed by atoms with van der Waals surface area (Å²) in [6.45, 7) is 1.92. The predicted octanol–water partition coefficient (Wildman–Crippen LogP) is 6.25. The monoisotopic (exact) mass is 472 g/mol. The molecule has 0 bridgehead atoms.